The summed E-state index contributed by atoms with van der Waals surface area (Å²) in [5, 5.41) is 4.95. The summed E-state index contributed by atoms with van der Waals surface area (Å²) in [6.07, 6.45) is 6.01. The SMILES string of the molecule is C=C[C@@H]1C[C@@]1(NC(=O)[C@@H]1C[C@@H]2CN1C(=O)[C@H](C(C)(C)C)NC(=O)OC(C)(C)CC/C=C\c1ccc3nc(-c4ccccc4)c(nc3c1)O2)C(=O)NS(=O)(=O)C1CC1. The molecule has 4 amide bonds. The average molecular weight is 799 g/mol. The number of fused-ring (bicyclic) bond motifs is 4. The van der Waals surface area contributed by atoms with Crippen LogP contribution >= 0.6 is 0 Å². The molecule has 4 aliphatic rings. The number of cyclic esters (lactones) is 1. The van der Waals surface area contributed by atoms with Gasteiger partial charge in [0.15, 0.2) is 0 Å². The Morgan fingerprint density at radius 2 is 1.79 bits per heavy atom. The van der Waals surface area contributed by atoms with Gasteiger partial charge in [-0.1, -0.05) is 75.4 Å². The molecule has 3 aromatic rings. The highest BCUT2D eigenvalue weighted by Crippen LogP contribution is 2.46. The van der Waals surface area contributed by atoms with Gasteiger partial charge in [0.05, 0.1) is 22.8 Å². The lowest BCUT2D eigenvalue weighted by molar-refractivity contribution is -0.143. The first-order valence-corrected chi connectivity index (χ1v) is 20.9. The number of ether oxygens (including phenoxy) is 2. The van der Waals surface area contributed by atoms with Gasteiger partial charge in [-0.05, 0) is 69.1 Å². The minimum Gasteiger partial charge on any atom is -0.471 e. The lowest BCUT2D eigenvalue weighted by Gasteiger charge is -2.36. The van der Waals surface area contributed by atoms with Crippen LogP contribution in [0.15, 0.2) is 67.3 Å². The van der Waals surface area contributed by atoms with Crippen LogP contribution in [0.25, 0.3) is 28.4 Å². The van der Waals surface area contributed by atoms with Crippen LogP contribution in [0.5, 0.6) is 5.88 Å². The zero-order valence-electron chi connectivity index (χ0n) is 32.9. The van der Waals surface area contributed by atoms with Gasteiger partial charge in [0.25, 0.3) is 5.91 Å². The number of nitrogens with one attached hydrogen (secondary N) is 3. The fourth-order valence-electron chi connectivity index (χ4n) is 7.49. The van der Waals surface area contributed by atoms with Crippen molar-refractivity contribution in [2.45, 2.75) is 108 Å². The molecule has 3 N–H and O–H groups in total. The van der Waals surface area contributed by atoms with E-state index in [1.54, 1.807) is 34.6 Å². The van der Waals surface area contributed by atoms with Crippen LogP contribution in [-0.4, -0.2) is 88.2 Å². The molecule has 3 fully saturated rings. The molecule has 5 atom stereocenters. The second-order valence-corrected chi connectivity index (χ2v) is 19.2. The molecule has 0 radical (unpaired) electrons. The number of allylic oxidation sites excluding steroid dienone is 1. The molecule has 5 bridgehead atoms. The molecule has 3 heterocycles. The van der Waals surface area contributed by atoms with Crippen molar-refractivity contribution in [2.24, 2.45) is 11.3 Å². The Hall–Kier alpha value is -5.31. The van der Waals surface area contributed by atoms with Gasteiger partial charge in [0.2, 0.25) is 27.7 Å². The van der Waals surface area contributed by atoms with Crippen molar-refractivity contribution in [1.29, 1.82) is 0 Å². The fraction of sp³-hybridized carbons (Fsp3) is 0.476. The summed E-state index contributed by atoms with van der Waals surface area (Å²) in [7, 11) is -3.92. The molecule has 1 aromatic heterocycles. The van der Waals surface area contributed by atoms with Crippen molar-refractivity contribution in [3.63, 3.8) is 0 Å². The average Bonchev–Trinajstić information content (AvgIpc) is 4.08. The Morgan fingerprint density at radius 3 is 2.46 bits per heavy atom. The van der Waals surface area contributed by atoms with E-state index >= 15 is 0 Å². The first-order chi connectivity index (χ1) is 26.9. The van der Waals surface area contributed by atoms with Gasteiger partial charge in [-0.3, -0.25) is 19.1 Å². The van der Waals surface area contributed by atoms with E-state index in [4.69, 9.17) is 19.4 Å². The van der Waals surface area contributed by atoms with E-state index < -0.39 is 79.7 Å². The zero-order valence-corrected chi connectivity index (χ0v) is 33.7. The highest BCUT2D eigenvalue weighted by molar-refractivity contribution is 7.91. The summed E-state index contributed by atoms with van der Waals surface area (Å²) >= 11 is 0. The highest BCUT2D eigenvalue weighted by Gasteiger charge is 2.62. The summed E-state index contributed by atoms with van der Waals surface area (Å²) < 4.78 is 40.2. The maximum Gasteiger partial charge on any atom is 0.408 e. The topological polar surface area (TPSA) is 186 Å². The third-order valence-electron chi connectivity index (χ3n) is 11.0. The van der Waals surface area contributed by atoms with E-state index in [-0.39, 0.29) is 25.3 Å². The Bertz CT molecular complexity index is 2250. The van der Waals surface area contributed by atoms with E-state index in [9.17, 15) is 27.6 Å². The van der Waals surface area contributed by atoms with E-state index in [1.807, 2.05) is 60.7 Å². The largest absolute Gasteiger partial charge is 0.471 e. The number of benzene rings is 2. The molecule has 2 aliphatic carbocycles. The minimum atomic E-state index is -3.92. The molecule has 7 rings (SSSR count). The number of amides is 4. The molecule has 14 nitrogen and oxygen atoms in total. The maximum atomic E-state index is 14.8. The number of nitrogens with zero attached hydrogens (tertiary/aromatic N) is 3. The number of hydrogen-bond donors (Lipinski definition) is 3. The summed E-state index contributed by atoms with van der Waals surface area (Å²) in [5.41, 5.74) is 0.0249. The van der Waals surface area contributed by atoms with Gasteiger partial charge >= 0.3 is 6.09 Å². The molecule has 0 unspecified atom stereocenters. The summed E-state index contributed by atoms with van der Waals surface area (Å²) in [6, 6.07) is 12.8. The Labute approximate surface area is 332 Å². The molecule has 57 heavy (non-hydrogen) atoms. The molecular formula is C42H50N6O8S. The van der Waals surface area contributed by atoms with Gasteiger partial charge in [-0.15, -0.1) is 6.58 Å². The molecule has 2 saturated carbocycles. The second-order valence-electron chi connectivity index (χ2n) is 17.2. The molecule has 302 valence electrons. The van der Waals surface area contributed by atoms with Crippen molar-refractivity contribution in [1.82, 2.24) is 30.2 Å². The molecule has 2 aromatic carbocycles. The second kappa shape index (κ2) is 14.9. The van der Waals surface area contributed by atoms with Crippen molar-refractivity contribution in [3.05, 3.63) is 72.8 Å². The molecule has 15 heteroatoms. The molecular weight excluding hydrogens is 749 g/mol. The maximum absolute atomic E-state index is 14.8. The zero-order chi connectivity index (χ0) is 40.9. The van der Waals surface area contributed by atoms with Crippen LogP contribution in [-0.2, 0) is 29.1 Å². The third-order valence-corrected chi connectivity index (χ3v) is 12.9. The first kappa shape index (κ1) is 39.9. The molecule has 2 aliphatic heterocycles. The molecule has 0 spiro atoms. The summed E-state index contributed by atoms with van der Waals surface area (Å²) in [4.78, 5) is 67.6. The number of carbonyl (C=O) groups is 4. The number of sulfonamides is 1. The molecule has 1 saturated heterocycles. The van der Waals surface area contributed by atoms with Crippen LogP contribution in [0, 0.1) is 11.3 Å². The van der Waals surface area contributed by atoms with Gasteiger partial charge in [0.1, 0.15) is 35.0 Å². The Morgan fingerprint density at radius 1 is 1.05 bits per heavy atom. The van der Waals surface area contributed by atoms with E-state index in [2.05, 4.69) is 21.9 Å². The lowest BCUT2D eigenvalue weighted by Crippen LogP contribution is -2.60. The summed E-state index contributed by atoms with van der Waals surface area (Å²) in [5.74, 6) is -2.42. The van der Waals surface area contributed by atoms with Crippen molar-refractivity contribution in [3.8, 4) is 17.1 Å². The predicted octanol–water partition coefficient (Wildman–Crippen LogP) is 5.04. The number of alkyl carbamates (subject to hydrolysis) is 1. The van der Waals surface area contributed by atoms with Crippen LogP contribution in [0.2, 0.25) is 0 Å². The van der Waals surface area contributed by atoms with Gasteiger partial charge < -0.3 is 25.0 Å². The van der Waals surface area contributed by atoms with Crippen LogP contribution in [0.3, 0.4) is 0 Å². The number of hydrogen-bond acceptors (Lipinski definition) is 10. The smallest absolute Gasteiger partial charge is 0.408 e. The Kier molecular flexibility index (Phi) is 10.4. The minimum absolute atomic E-state index is 0.0144. The van der Waals surface area contributed by atoms with E-state index in [0.717, 1.165) is 11.1 Å². The van der Waals surface area contributed by atoms with Gasteiger partial charge in [-0.25, -0.2) is 23.2 Å². The first-order valence-electron chi connectivity index (χ1n) is 19.4. The van der Waals surface area contributed by atoms with E-state index in [1.165, 1.54) is 11.0 Å². The quantitative estimate of drug-likeness (QED) is 0.274. The van der Waals surface area contributed by atoms with Crippen LogP contribution in [0.4, 0.5) is 4.79 Å². The number of carbonyl (C=O) groups excluding carboxylic acids is 4. The predicted molar refractivity (Wildman–Crippen MR) is 214 cm³/mol. The van der Waals surface area contributed by atoms with E-state index in [0.29, 0.717) is 42.4 Å². The highest BCUT2D eigenvalue weighted by atomic mass is 32.2. The standard InChI is InChI=1S/C42H50N6O8S/c1-7-27-23-42(27,38(51)47-57(53,54)29-17-18-29)46-35(49)32-22-28-24-48(32)37(50)34(40(2,3)4)45-39(52)56-41(5,6)20-12-11-13-25-16-19-30-31(21-25)44-36(55-28)33(43-30)26-14-9-8-10-15-26/h7-11,13-16,19,21,27-29,32,34H,1,12,17-18,20,22-24H2,2-6H3,(H,45,52)(H,46,49)(H,47,51)/b13-11-/t27-,28-,32+,34-,42+/m1/s1. The number of rotatable bonds is 7. The van der Waals surface area contributed by atoms with Crippen LogP contribution in [0.1, 0.15) is 78.7 Å². The third kappa shape index (κ3) is 8.53. The van der Waals surface area contributed by atoms with Gasteiger partial charge in [-0.2, -0.15) is 0 Å². The van der Waals surface area contributed by atoms with Crippen molar-refractivity contribution < 1.29 is 37.1 Å². The number of aromatic nitrogens is 2. The van der Waals surface area contributed by atoms with Crippen molar-refractivity contribution in [2.75, 3.05) is 6.54 Å². The fourth-order valence-corrected chi connectivity index (χ4v) is 8.86. The normalized spacial score (nSPS) is 26.9. The van der Waals surface area contributed by atoms with Gasteiger partial charge in [0, 0.05) is 17.9 Å². The van der Waals surface area contributed by atoms with Crippen molar-refractivity contribution >= 4 is 50.9 Å². The lowest BCUT2D eigenvalue weighted by atomic mass is 9.85. The summed E-state index contributed by atoms with van der Waals surface area (Å²) in [6.45, 7) is 12.7. The monoisotopic (exact) mass is 798 g/mol. The van der Waals surface area contributed by atoms with Crippen LogP contribution < -0.4 is 20.1 Å². The Balaban J connectivity index is 1.28.